The Hall–Kier alpha value is -1.96. The molecule has 0 saturated heterocycles. The van der Waals surface area contributed by atoms with Crippen LogP contribution < -0.4 is 10.2 Å². The number of nitrogens with zero attached hydrogens (tertiary/aromatic N) is 4. The fourth-order valence-corrected chi connectivity index (χ4v) is 3.57. The SMILES string of the molecule is CCN(CC)c1ncc2nc(NC(=O)c3ccc(Cl)cc3Cl)sc2n1. The van der Waals surface area contributed by atoms with Crippen molar-refractivity contribution >= 4 is 61.9 Å². The molecule has 6 nitrogen and oxygen atoms in total. The highest BCUT2D eigenvalue weighted by Crippen LogP contribution is 2.27. The second-order valence-electron chi connectivity index (χ2n) is 5.13. The average Bonchev–Trinajstić information content (AvgIpc) is 2.97. The molecular formula is C16H15Cl2N5OS. The molecule has 0 fully saturated rings. The first kappa shape index (κ1) is 17.8. The van der Waals surface area contributed by atoms with E-state index in [1.807, 2.05) is 18.7 Å². The summed E-state index contributed by atoms with van der Waals surface area (Å²) in [7, 11) is 0. The standard InChI is InChI=1S/C16H15Cl2N5OS/c1-3-23(4-2)15-19-8-12-14(22-15)25-16(20-12)21-13(24)10-6-5-9(17)7-11(10)18/h5-8H,3-4H2,1-2H3,(H,20,21,24). The van der Waals surface area contributed by atoms with Crippen molar-refractivity contribution in [3.63, 3.8) is 0 Å². The Morgan fingerprint density at radius 3 is 2.68 bits per heavy atom. The van der Waals surface area contributed by atoms with E-state index in [9.17, 15) is 4.79 Å². The molecule has 3 aromatic rings. The van der Waals surface area contributed by atoms with Crippen LogP contribution >= 0.6 is 34.5 Å². The summed E-state index contributed by atoms with van der Waals surface area (Å²) < 4.78 is 0. The molecule has 2 aromatic heterocycles. The van der Waals surface area contributed by atoms with Gasteiger partial charge >= 0.3 is 0 Å². The second-order valence-corrected chi connectivity index (χ2v) is 6.95. The van der Waals surface area contributed by atoms with Crippen molar-refractivity contribution in [3.8, 4) is 0 Å². The molecule has 0 atom stereocenters. The van der Waals surface area contributed by atoms with Crippen molar-refractivity contribution < 1.29 is 4.79 Å². The molecule has 25 heavy (non-hydrogen) atoms. The number of aromatic nitrogens is 3. The molecule has 0 aliphatic heterocycles. The van der Waals surface area contributed by atoms with Crippen LogP contribution in [0.25, 0.3) is 10.3 Å². The van der Waals surface area contributed by atoms with Crippen molar-refractivity contribution in [2.45, 2.75) is 13.8 Å². The molecule has 9 heteroatoms. The molecule has 3 rings (SSSR count). The zero-order chi connectivity index (χ0) is 18.0. The molecule has 0 radical (unpaired) electrons. The zero-order valence-electron chi connectivity index (χ0n) is 13.6. The highest BCUT2D eigenvalue weighted by atomic mass is 35.5. The van der Waals surface area contributed by atoms with E-state index in [4.69, 9.17) is 23.2 Å². The molecule has 0 unspecified atom stereocenters. The molecule has 1 aromatic carbocycles. The molecule has 0 aliphatic carbocycles. The molecule has 0 spiro atoms. The average molecular weight is 396 g/mol. The van der Waals surface area contributed by atoms with Crippen LogP contribution in [-0.2, 0) is 0 Å². The Morgan fingerprint density at radius 2 is 2.00 bits per heavy atom. The third kappa shape index (κ3) is 3.84. The summed E-state index contributed by atoms with van der Waals surface area (Å²) in [5, 5.41) is 3.95. The van der Waals surface area contributed by atoms with E-state index in [2.05, 4.69) is 20.3 Å². The number of rotatable bonds is 5. The fraction of sp³-hybridized carbons (Fsp3) is 0.250. The van der Waals surface area contributed by atoms with Gasteiger partial charge in [0, 0.05) is 18.1 Å². The summed E-state index contributed by atoms with van der Waals surface area (Å²) in [6, 6.07) is 4.71. The van der Waals surface area contributed by atoms with E-state index in [-0.39, 0.29) is 10.9 Å². The van der Waals surface area contributed by atoms with Gasteiger partial charge in [-0.1, -0.05) is 34.5 Å². The number of halogens is 2. The largest absolute Gasteiger partial charge is 0.341 e. The van der Waals surface area contributed by atoms with E-state index in [0.29, 0.717) is 27.2 Å². The summed E-state index contributed by atoms with van der Waals surface area (Å²) >= 11 is 13.2. The number of hydrogen-bond acceptors (Lipinski definition) is 6. The van der Waals surface area contributed by atoms with E-state index >= 15 is 0 Å². The van der Waals surface area contributed by atoms with Gasteiger partial charge in [0.05, 0.1) is 16.8 Å². The number of carbonyl (C=O) groups is 1. The van der Waals surface area contributed by atoms with Gasteiger partial charge in [0.25, 0.3) is 5.91 Å². The first-order valence-corrected chi connectivity index (χ1v) is 9.24. The number of carbonyl (C=O) groups excluding carboxylic acids is 1. The molecule has 0 aliphatic rings. The summed E-state index contributed by atoms with van der Waals surface area (Å²) in [5.74, 6) is 0.303. The van der Waals surface area contributed by atoms with Gasteiger partial charge < -0.3 is 4.90 Å². The van der Waals surface area contributed by atoms with Crippen molar-refractivity contribution in [2.24, 2.45) is 0 Å². The van der Waals surface area contributed by atoms with E-state index < -0.39 is 0 Å². The fourth-order valence-electron chi connectivity index (χ4n) is 2.28. The lowest BCUT2D eigenvalue weighted by Crippen LogP contribution is -2.23. The number of thiazole rings is 1. The van der Waals surface area contributed by atoms with Gasteiger partial charge in [-0.25, -0.2) is 9.97 Å². The molecule has 0 saturated carbocycles. The second kappa shape index (κ2) is 7.51. The van der Waals surface area contributed by atoms with Gasteiger partial charge in [0.2, 0.25) is 5.95 Å². The summed E-state index contributed by atoms with van der Waals surface area (Å²) in [6.07, 6.45) is 1.66. The van der Waals surface area contributed by atoms with E-state index in [1.165, 1.54) is 17.4 Å². The third-order valence-corrected chi connectivity index (χ3v) is 5.01. The van der Waals surface area contributed by atoms with Crippen LogP contribution in [0.5, 0.6) is 0 Å². The molecule has 1 amide bonds. The Bertz CT molecular complexity index is 926. The molecule has 130 valence electrons. The van der Waals surface area contributed by atoms with E-state index in [0.717, 1.165) is 17.9 Å². The number of amides is 1. The first-order chi connectivity index (χ1) is 12.0. The van der Waals surface area contributed by atoms with Gasteiger partial charge in [-0.05, 0) is 32.0 Å². The van der Waals surface area contributed by atoms with Crippen LogP contribution in [-0.4, -0.2) is 33.9 Å². The highest BCUT2D eigenvalue weighted by Gasteiger charge is 2.15. The molecule has 0 bridgehead atoms. The van der Waals surface area contributed by atoms with Crippen LogP contribution in [0.2, 0.25) is 10.0 Å². The summed E-state index contributed by atoms with van der Waals surface area (Å²) in [4.78, 5) is 28.3. The minimum atomic E-state index is -0.349. The molecule has 1 N–H and O–H groups in total. The monoisotopic (exact) mass is 395 g/mol. The Kier molecular flexibility index (Phi) is 5.36. The number of anilines is 2. The maximum absolute atomic E-state index is 12.4. The minimum absolute atomic E-state index is 0.287. The number of nitrogens with one attached hydrogen (secondary N) is 1. The predicted octanol–water partition coefficient (Wildman–Crippen LogP) is 4.49. The van der Waals surface area contributed by atoms with Gasteiger partial charge in [-0.15, -0.1) is 0 Å². The van der Waals surface area contributed by atoms with Gasteiger partial charge in [0.1, 0.15) is 5.52 Å². The van der Waals surface area contributed by atoms with Crippen molar-refractivity contribution in [1.29, 1.82) is 0 Å². The van der Waals surface area contributed by atoms with Crippen LogP contribution in [0, 0.1) is 0 Å². The lowest BCUT2D eigenvalue weighted by atomic mass is 10.2. The lowest BCUT2D eigenvalue weighted by molar-refractivity contribution is 0.102. The predicted molar refractivity (Wildman–Crippen MR) is 103 cm³/mol. The quantitative estimate of drug-likeness (QED) is 0.688. The van der Waals surface area contributed by atoms with Gasteiger partial charge in [-0.3, -0.25) is 10.1 Å². The topological polar surface area (TPSA) is 71.0 Å². The Balaban J connectivity index is 1.85. The summed E-state index contributed by atoms with van der Waals surface area (Å²) in [6.45, 7) is 5.73. The Labute approximate surface area is 158 Å². The normalized spacial score (nSPS) is 10.9. The van der Waals surface area contributed by atoms with Gasteiger partial charge in [0.15, 0.2) is 9.96 Å². The molecular weight excluding hydrogens is 381 g/mol. The number of fused-ring (bicyclic) bond motifs is 1. The maximum Gasteiger partial charge on any atom is 0.258 e. The van der Waals surface area contributed by atoms with E-state index in [1.54, 1.807) is 18.3 Å². The van der Waals surface area contributed by atoms with Crippen molar-refractivity contribution in [1.82, 2.24) is 15.0 Å². The number of hydrogen-bond donors (Lipinski definition) is 1. The maximum atomic E-state index is 12.4. The highest BCUT2D eigenvalue weighted by molar-refractivity contribution is 7.22. The Morgan fingerprint density at radius 1 is 1.24 bits per heavy atom. The van der Waals surface area contributed by atoms with Crippen LogP contribution in [0.3, 0.4) is 0 Å². The number of benzene rings is 1. The van der Waals surface area contributed by atoms with Crippen LogP contribution in [0.4, 0.5) is 11.1 Å². The van der Waals surface area contributed by atoms with Crippen LogP contribution in [0.1, 0.15) is 24.2 Å². The first-order valence-electron chi connectivity index (χ1n) is 7.66. The van der Waals surface area contributed by atoms with Gasteiger partial charge in [-0.2, -0.15) is 4.98 Å². The summed E-state index contributed by atoms with van der Waals surface area (Å²) in [5.41, 5.74) is 0.971. The van der Waals surface area contributed by atoms with Crippen molar-refractivity contribution in [3.05, 3.63) is 40.0 Å². The minimum Gasteiger partial charge on any atom is -0.341 e. The zero-order valence-corrected chi connectivity index (χ0v) is 15.9. The smallest absolute Gasteiger partial charge is 0.258 e. The van der Waals surface area contributed by atoms with Crippen LogP contribution in [0.15, 0.2) is 24.4 Å². The van der Waals surface area contributed by atoms with Crippen molar-refractivity contribution in [2.75, 3.05) is 23.3 Å². The lowest BCUT2D eigenvalue weighted by Gasteiger charge is -2.17. The molecule has 2 heterocycles. The third-order valence-electron chi connectivity index (χ3n) is 3.58.